The maximum absolute atomic E-state index is 11.4. The molecule has 0 amide bonds. The van der Waals surface area contributed by atoms with E-state index in [-0.39, 0.29) is 35.3 Å². The van der Waals surface area contributed by atoms with Gasteiger partial charge in [0, 0.05) is 17.0 Å². The summed E-state index contributed by atoms with van der Waals surface area (Å²) in [4.78, 5) is 11.4. The van der Waals surface area contributed by atoms with Gasteiger partial charge in [0.1, 0.15) is 0 Å². The van der Waals surface area contributed by atoms with Gasteiger partial charge in [-0.15, -0.1) is 6.26 Å². The van der Waals surface area contributed by atoms with Gasteiger partial charge < -0.3 is 5.11 Å². The summed E-state index contributed by atoms with van der Waals surface area (Å²) < 4.78 is 0. The van der Waals surface area contributed by atoms with Gasteiger partial charge in [-0.3, -0.25) is 4.79 Å². The fraction of sp³-hybridized carbons (Fsp3) is 0.100. The molecule has 2 rings (SSSR count). The van der Waals surface area contributed by atoms with Crippen molar-refractivity contribution in [3.05, 3.63) is 46.2 Å². The summed E-state index contributed by atoms with van der Waals surface area (Å²) in [6.45, 7) is 0. The van der Waals surface area contributed by atoms with E-state index in [2.05, 4.69) is 0 Å². The summed E-state index contributed by atoms with van der Waals surface area (Å²) in [7, 11) is 0. The van der Waals surface area contributed by atoms with Crippen LogP contribution in [0.3, 0.4) is 0 Å². The van der Waals surface area contributed by atoms with E-state index in [9.17, 15) is 9.90 Å². The van der Waals surface area contributed by atoms with Crippen LogP contribution in [0.25, 0.3) is 0 Å². The average molecular weight is 217 g/mol. The number of Topliss-reactive ketones (excluding diaryl/α,β-unsaturated/α-hetero) is 1. The first-order valence-corrected chi connectivity index (χ1v) is 4.24. The molecule has 0 saturated carbocycles. The molecule has 1 aromatic carbocycles. The third-order valence-electron chi connectivity index (χ3n) is 2.13. The Balaban J connectivity index is 0.000000980. The predicted octanol–water partition coefficient (Wildman–Crippen LogP) is -1.67. The van der Waals surface area contributed by atoms with Crippen molar-refractivity contribution in [1.82, 2.24) is 0 Å². The topological polar surface area (TPSA) is 40.1 Å². The van der Waals surface area contributed by atoms with E-state index in [1.54, 1.807) is 18.2 Å². The van der Waals surface area contributed by atoms with Gasteiger partial charge in [0.05, 0.1) is 0 Å². The third-order valence-corrected chi connectivity index (χ3v) is 2.36. The maximum Gasteiger partial charge on any atom is 1.00 e. The molecule has 0 unspecified atom stereocenters. The molecule has 0 saturated heterocycles. The second kappa shape index (κ2) is 4.49. The number of hydrogen-bond donors (Lipinski definition) is 0. The summed E-state index contributed by atoms with van der Waals surface area (Å²) in [6, 6.07) is 5.05. The molecule has 0 aliphatic heterocycles. The summed E-state index contributed by atoms with van der Waals surface area (Å²) in [5.74, 6) is -0.165. The summed E-state index contributed by atoms with van der Waals surface area (Å²) >= 11 is 5.75. The summed E-state index contributed by atoms with van der Waals surface area (Å²) in [6.07, 6.45) is 1.04. The van der Waals surface area contributed by atoms with Crippen molar-refractivity contribution >= 4 is 17.4 Å². The average Bonchev–Trinajstić information content (AvgIpc) is 2.42. The smallest absolute Gasteiger partial charge is 0.878 e. The zero-order chi connectivity index (χ0) is 9.42. The number of carbonyl (C=O) groups is 1. The fourth-order valence-electron chi connectivity index (χ4n) is 1.48. The van der Waals surface area contributed by atoms with E-state index < -0.39 is 0 Å². The standard InChI is InChI=1S/C10H7ClO2.Na/c11-8-1-2-9-6(4-8)3-7(5-12)10(9)13;/h1-2,4-5,12H,3H2;/q;+1/p-1/b7-5-;. The van der Waals surface area contributed by atoms with Crippen LogP contribution in [-0.2, 0) is 6.42 Å². The van der Waals surface area contributed by atoms with Crippen LogP contribution < -0.4 is 34.7 Å². The molecule has 0 spiro atoms. The Morgan fingerprint density at radius 1 is 1.43 bits per heavy atom. The molecule has 2 nitrogen and oxygen atoms in total. The molecule has 1 aliphatic carbocycles. The van der Waals surface area contributed by atoms with E-state index in [1.165, 1.54) is 0 Å². The molecular formula is C10H6ClNaO2. The van der Waals surface area contributed by atoms with Crippen LogP contribution in [0.4, 0.5) is 0 Å². The van der Waals surface area contributed by atoms with Crippen molar-refractivity contribution in [2.24, 2.45) is 0 Å². The number of fused-ring (bicyclic) bond motifs is 1. The molecule has 0 N–H and O–H groups in total. The molecule has 0 radical (unpaired) electrons. The van der Waals surface area contributed by atoms with E-state index in [0.717, 1.165) is 5.56 Å². The van der Waals surface area contributed by atoms with Crippen LogP contribution in [0.5, 0.6) is 0 Å². The molecule has 1 aromatic rings. The number of benzene rings is 1. The van der Waals surface area contributed by atoms with Gasteiger partial charge in [-0.05, 0) is 29.3 Å². The van der Waals surface area contributed by atoms with Crippen molar-refractivity contribution in [1.29, 1.82) is 0 Å². The first kappa shape index (κ1) is 11.8. The third kappa shape index (κ3) is 1.89. The number of allylic oxidation sites excluding steroid dienone is 1. The Morgan fingerprint density at radius 3 is 2.79 bits per heavy atom. The molecule has 4 heteroatoms. The van der Waals surface area contributed by atoms with E-state index in [0.29, 0.717) is 28.8 Å². The second-order valence-electron chi connectivity index (χ2n) is 2.95. The van der Waals surface area contributed by atoms with Crippen molar-refractivity contribution in [2.75, 3.05) is 0 Å². The molecular weight excluding hydrogens is 211 g/mol. The number of carbonyl (C=O) groups excluding carboxylic acids is 1. The molecule has 0 fully saturated rings. The Bertz CT molecular complexity index is 413. The van der Waals surface area contributed by atoms with E-state index in [4.69, 9.17) is 11.6 Å². The Kier molecular flexibility index (Phi) is 3.78. The Labute approximate surface area is 109 Å². The van der Waals surface area contributed by atoms with Gasteiger partial charge in [-0.1, -0.05) is 11.6 Å². The molecule has 0 aromatic heterocycles. The van der Waals surface area contributed by atoms with Crippen molar-refractivity contribution in [3.8, 4) is 0 Å². The fourth-order valence-corrected chi connectivity index (χ4v) is 1.68. The van der Waals surface area contributed by atoms with Gasteiger partial charge in [0.2, 0.25) is 0 Å². The van der Waals surface area contributed by atoms with Gasteiger partial charge in [-0.25, -0.2) is 0 Å². The van der Waals surface area contributed by atoms with Crippen molar-refractivity contribution in [2.45, 2.75) is 6.42 Å². The quantitative estimate of drug-likeness (QED) is 0.296. The second-order valence-corrected chi connectivity index (χ2v) is 3.39. The van der Waals surface area contributed by atoms with E-state index in [1.807, 2.05) is 0 Å². The molecule has 14 heavy (non-hydrogen) atoms. The molecule has 1 aliphatic rings. The Hall–Kier alpha value is -0.280. The van der Waals surface area contributed by atoms with Gasteiger partial charge in [0.15, 0.2) is 5.78 Å². The SMILES string of the molecule is O=C1/C(=C\[O-])Cc2cc(Cl)ccc21.[Na+]. The van der Waals surface area contributed by atoms with E-state index >= 15 is 0 Å². The zero-order valence-electron chi connectivity index (χ0n) is 7.71. The summed E-state index contributed by atoms with van der Waals surface area (Å²) in [5.41, 5.74) is 1.77. The first-order valence-electron chi connectivity index (χ1n) is 3.86. The molecule has 0 bridgehead atoms. The monoisotopic (exact) mass is 216 g/mol. The molecule has 0 atom stereocenters. The molecule has 66 valence electrons. The van der Waals surface area contributed by atoms with Crippen LogP contribution in [0.2, 0.25) is 5.02 Å². The minimum atomic E-state index is -0.165. The van der Waals surface area contributed by atoms with Crippen LogP contribution in [0.15, 0.2) is 30.0 Å². The van der Waals surface area contributed by atoms with Crippen LogP contribution in [0.1, 0.15) is 15.9 Å². The first-order chi connectivity index (χ1) is 6.22. The minimum Gasteiger partial charge on any atom is -0.878 e. The summed E-state index contributed by atoms with van der Waals surface area (Å²) in [5, 5.41) is 11.1. The van der Waals surface area contributed by atoms with Crippen LogP contribution >= 0.6 is 11.6 Å². The van der Waals surface area contributed by atoms with Gasteiger partial charge in [-0.2, -0.15) is 0 Å². The Morgan fingerprint density at radius 2 is 2.14 bits per heavy atom. The number of hydrogen-bond acceptors (Lipinski definition) is 2. The minimum absolute atomic E-state index is 0. The number of ketones is 1. The van der Waals surface area contributed by atoms with Crippen LogP contribution in [0, 0.1) is 0 Å². The van der Waals surface area contributed by atoms with Gasteiger partial charge >= 0.3 is 29.6 Å². The normalized spacial score (nSPS) is 16.6. The zero-order valence-corrected chi connectivity index (χ0v) is 10.5. The number of rotatable bonds is 0. The van der Waals surface area contributed by atoms with Gasteiger partial charge in [0.25, 0.3) is 0 Å². The molecule has 0 heterocycles. The number of halogens is 1. The van der Waals surface area contributed by atoms with Crippen molar-refractivity contribution in [3.63, 3.8) is 0 Å². The predicted molar refractivity (Wildman–Crippen MR) is 47.6 cm³/mol. The largest absolute Gasteiger partial charge is 1.00 e. The maximum atomic E-state index is 11.4. The van der Waals surface area contributed by atoms with Crippen molar-refractivity contribution < 1.29 is 39.5 Å². The van der Waals surface area contributed by atoms with Crippen LogP contribution in [-0.4, -0.2) is 5.78 Å².